The predicted molar refractivity (Wildman–Crippen MR) is 73.0 cm³/mol. The Morgan fingerprint density at radius 1 is 1.40 bits per heavy atom. The molecule has 1 atom stereocenters. The zero-order chi connectivity index (χ0) is 14.5. The molecular weight excluding hydrogens is 256 g/mol. The highest BCUT2D eigenvalue weighted by Crippen LogP contribution is 2.13. The van der Waals surface area contributed by atoms with E-state index in [2.05, 4.69) is 21.9 Å². The molecule has 0 bridgehead atoms. The van der Waals surface area contributed by atoms with Gasteiger partial charge in [-0.15, -0.1) is 0 Å². The average molecular weight is 270 g/mol. The van der Waals surface area contributed by atoms with Gasteiger partial charge >= 0.3 is 6.03 Å². The molecule has 20 heavy (non-hydrogen) atoms. The van der Waals surface area contributed by atoms with E-state index in [0.717, 1.165) is 5.56 Å². The summed E-state index contributed by atoms with van der Waals surface area (Å²) in [7, 11) is 0. The summed E-state index contributed by atoms with van der Waals surface area (Å²) in [5.41, 5.74) is 1.50. The molecule has 0 saturated carbocycles. The molecule has 0 aliphatic heterocycles. The average Bonchev–Trinajstić information content (AvgIpc) is 2.84. The second kappa shape index (κ2) is 5.89. The zero-order valence-corrected chi connectivity index (χ0v) is 11.2. The highest BCUT2D eigenvalue weighted by molar-refractivity contribution is 5.88. The minimum absolute atomic E-state index is 0.184. The largest absolute Gasteiger partial charge is 0.360 e. The lowest BCUT2D eigenvalue weighted by Gasteiger charge is -2.14. The van der Waals surface area contributed by atoms with Crippen LogP contribution in [0, 0.1) is 18.3 Å². The number of amides is 2. The molecule has 0 aliphatic rings. The molecule has 1 heterocycles. The number of benzene rings is 1. The molecule has 2 amide bonds. The number of aromatic nitrogens is 1. The van der Waals surface area contributed by atoms with Crippen LogP contribution in [0.1, 0.15) is 29.9 Å². The van der Waals surface area contributed by atoms with Crippen LogP contribution in [0.25, 0.3) is 0 Å². The summed E-state index contributed by atoms with van der Waals surface area (Å²) >= 11 is 0. The number of hydrogen-bond donors (Lipinski definition) is 2. The minimum atomic E-state index is -0.366. The Kier molecular flexibility index (Phi) is 4.01. The first-order chi connectivity index (χ1) is 9.58. The fraction of sp³-hybridized carbons (Fsp3) is 0.214. The minimum Gasteiger partial charge on any atom is -0.360 e. The zero-order valence-electron chi connectivity index (χ0n) is 11.2. The van der Waals surface area contributed by atoms with Gasteiger partial charge in [0.25, 0.3) is 0 Å². The highest BCUT2D eigenvalue weighted by Gasteiger charge is 2.11. The number of nitrogens with zero attached hydrogens (tertiary/aromatic N) is 2. The summed E-state index contributed by atoms with van der Waals surface area (Å²) in [6.45, 7) is 3.60. The third kappa shape index (κ3) is 3.36. The number of nitrogens with one attached hydrogen (secondary N) is 2. The van der Waals surface area contributed by atoms with Crippen molar-refractivity contribution in [2.24, 2.45) is 0 Å². The van der Waals surface area contributed by atoms with Crippen LogP contribution in [-0.2, 0) is 0 Å². The summed E-state index contributed by atoms with van der Waals surface area (Å²) in [6, 6.07) is 10.2. The van der Waals surface area contributed by atoms with Gasteiger partial charge in [-0.1, -0.05) is 17.3 Å². The van der Waals surface area contributed by atoms with Crippen molar-refractivity contribution in [3.63, 3.8) is 0 Å². The summed E-state index contributed by atoms with van der Waals surface area (Å²) in [5.74, 6) is 0.993. The number of urea groups is 1. The van der Waals surface area contributed by atoms with Crippen LogP contribution in [0.2, 0.25) is 0 Å². The van der Waals surface area contributed by atoms with E-state index in [1.165, 1.54) is 0 Å². The molecule has 0 fully saturated rings. The van der Waals surface area contributed by atoms with E-state index in [0.29, 0.717) is 17.1 Å². The molecule has 1 aromatic carbocycles. The van der Waals surface area contributed by atoms with Gasteiger partial charge in [0.05, 0.1) is 17.7 Å². The molecular formula is C14H14N4O2. The maximum atomic E-state index is 11.8. The Morgan fingerprint density at radius 3 is 2.65 bits per heavy atom. The van der Waals surface area contributed by atoms with Crippen LogP contribution in [0.4, 0.5) is 10.6 Å². The second-order valence-electron chi connectivity index (χ2n) is 4.38. The van der Waals surface area contributed by atoms with Crippen LogP contribution in [0.5, 0.6) is 0 Å². The summed E-state index contributed by atoms with van der Waals surface area (Å²) in [5, 5.41) is 17.8. The lowest BCUT2D eigenvalue weighted by molar-refractivity contribution is 0.249. The fourth-order valence-electron chi connectivity index (χ4n) is 1.70. The first-order valence-electron chi connectivity index (χ1n) is 6.09. The number of aryl methyl sites for hydroxylation is 1. The number of carbonyl (C=O) groups is 1. The van der Waals surface area contributed by atoms with E-state index < -0.39 is 0 Å². The molecule has 6 nitrogen and oxygen atoms in total. The van der Waals surface area contributed by atoms with E-state index in [1.54, 1.807) is 25.1 Å². The first kappa shape index (κ1) is 13.6. The van der Waals surface area contributed by atoms with Crippen molar-refractivity contribution in [3.05, 3.63) is 47.2 Å². The molecule has 0 aliphatic carbocycles. The Morgan fingerprint density at radius 2 is 2.10 bits per heavy atom. The lowest BCUT2D eigenvalue weighted by atomic mass is 10.1. The van der Waals surface area contributed by atoms with E-state index in [4.69, 9.17) is 9.78 Å². The van der Waals surface area contributed by atoms with E-state index >= 15 is 0 Å². The molecule has 1 unspecified atom stereocenters. The molecule has 2 aromatic rings. The topological polar surface area (TPSA) is 91.0 Å². The molecule has 0 saturated heterocycles. The number of hydrogen-bond acceptors (Lipinski definition) is 4. The molecule has 2 rings (SSSR count). The Labute approximate surface area is 116 Å². The van der Waals surface area contributed by atoms with Gasteiger partial charge in [-0.05, 0) is 31.5 Å². The number of carbonyl (C=O) groups excluding carboxylic acids is 1. The van der Waals surface area contributed by atoms with Gasteiger partial charge in [0, 0.05) is 6.07 Å². The van der Waals surface area contributed by atoms with Crippen molar-refractivity contribution in [2.75, 3.05) is 5.32 Å². The maximum Gasteiger partial charge on any atom is 0.320 e. The van der Waals surface area contributed by atoms with Crippen LogP contribution in [0.15, 0.2) is 34.9 Å². The van der Waals surface area contributed by atoms with Gasteiger partial charge in [-0.3, -0.25) is 5.32 Å². The quantitative estimate of drug-likeness (QED) is 0.897. The van der Waals surface area contributed by atoms with Gasteiger partial charge in [-0.2, -0.15) is 5.26 Å². The Hall–Kier alpha value is -2.81. The van der Waals surface area contributed by atoms with Crippen molar-refractivity contribution in [1.82, 2.24) is 10.5 Å². The first-order valence-corrected chi connectivity index (χ1v) is 6.09. The molecule has 6 heteroatoms. The van der Waals surface area contributed by atoms with Crippen LogP contribution < -0.4 is 10.6 Å². The Balaban J connectivity index is 1.94. The van der Waals surface area contributed by atoms with Gasteiger partial charge in [-0.25, -0.2) is 4.79 Å². The van der Waals surface area contributed by atoms with E-state index in [9.17, 15) is 4.79 Å². The second-order valence-corrected chi connectivity index (χ2v) is 4.38. The molecule has 102 valence electrons. The standard InChI is InChI=1S/C14H14N4O2/c1-9-7-13(18-20-9)17-14(19)16-10(2)12-5-3-11(8-15)4-6-12/h3-7,10H,1-2H3,(H2,16,17,18,19). The maximum absolute atomic E-state index is 11.8. The van der Waals surface area contributed by atoms with E-state index in [1.807, 2.05) is 19.1 Å². The molecule has 0 spiro atoms. The highest BCUT2D eigenvalue weighted by atomic mass is 16.5. The molecule has 0 radical (unpaired) electrons. The van der Waals surface area contributed by atoms with Crippen LogP contribution in [-0.4, -0.2) is 11.2 Å². The monoisotopic (exact) mass is 270 g/mol. The van der Waals surface area contributed by atoms with E-state index in [-0.39, 0.29) is 12.1 Å². The Bertz CT molecular complexity index is 640. The lowest BCUT2D eigenvalue weighted by Crippen LogP contribution is -2.31. The third-order valence-electron chi connectivity index (χ3n) is 2.76. The van der Waals surface area contributed by atoms with Gasteiger partial charge in [0.2, 0.25) is 0 Å². The number of nitriles is 1. The molecule has 2 N–H and O–H groups in total. The summed E-state index contributed by atoms with van der Waals surface area (Å²) in [4.78, 5) is 11.8. The van der Waals surface area contributed by atoms with Crippen molar-refractivity contribution in [3.8, 4) is 6.07 Å². The third-order valence-corrected chi connectivity index (χ3v) is 2.76. The summed E-state index contributed by atoms with van der Waals surface area (Å²) in [6.07, 6.45) is 0. The number of rotatable bonds is 3. The smallest absolute Gasteiger partial charge is 0.320 e. The molecule has 1 aromatic heterocycles. The van der Waals surface area contributed by atoms with Gasteiger partial charge in [0.15, 0.2) is 5.82 Å². The van der Waals surface area contributed by atoms with Crippen LogP contribution in [0.3, 0.4) is 0 Å². The van der Waals surface area contributed by atoms with Crippen molar-refractivity contribution in [2.45, 2.75) is 19.9 Å². The predicted octanol–water partition coefficient (Wildman–Crippen LogP) is 2.74. The fourth-order valence-corrected chi connectivity index (χ4v) is 1.70. The van der Waals surface area contributed by atoms with Gasteiger partial charge in [0.1, 0.15) is 5.76 Å². The van der Waals surface area contributed by atoms with Crippen molar-refractivity contribution < 1.29 is 9.32 Å². The van der Waals surface area contributed by atoms with Crippen LogP contribution >= 0.6 is 0 Å². The van der Waals surface area contributed by atoms with Gasteiger partial charge < -0.3 is 9.84 Å². The van der Waals surface area contributed by atoms with Crippen molar-refractivity contribution >= 4 is 11.8 Å². The van der Waals surface area contributed by atoms with Crippen molar-refractivity contribution in [1.29, 1.82) is 5.26 Å². The normalized spacial score (nSPS) is 11.4. The summed E-state index contributed by atoms with van der Waals surface area (Å²) < 4.78 is 4.86. The number of anilines is 1. The SMILES string of the molecule is Cc1cc(NC(=O)NC(C)c2ccc(C#N)cc2)no1.